The summed E-state index contributed by atoms with van der Waals surface area (Å²) >= 11 is 0. The minimum atomic E-state index is -0.259. The third-order valence-electron chi connectivity index (χ3n) is 5.83. The number of nitrogens with zero attached hydrogens (tertiary/aromatic N) is 6. The lowest BCUT2D eigenvalue weighted by molar-refractivity contribution is -0.132. The Kier molecular flexibility index (Phi) is 6.86. The molecule has 1 fully saturated rings. The molecule has 0 unspecified atom stereocenters. The SMILES string of the molecule is CCCc1nc(-c2ccc(F)c(C)c2)nn1CC(=O)N1CCN(c2cc(OC)ccn2)CC1. The lowest BCUT2D eigenvalue weighted by Crippen LogP contribution is -2.50. The Morgan fingerprint density at radius 1 is 1.15 bits per heavy atom. The number of amides is 1. The highest BCUT2D eigenvalue weighted by Crippen LogP contribution is 2.21. The summed E-state index contributed by atoms with van der Waals surface area (Å²) in [6.45, 7) is 6.54. The second-order valence-electron chi connectivity index (χ2n) is 8.14. The van der Waals surface area contributed by atoms with Crippen LogP contribution in [0.25, 0.3) is 11.4 Å². The molecule has 0 N–H and O–H groups in total. The summed E-state index contributed by atoms with van der Waals surface area (Å²) < 4.78 is 20.6. The van der Waals surface area contributed by atoms with Gasteiger partial charge in [-0.3, -0.25) is 4.79 Å². The summed E-state index contributed by atoms with van der Waals surface area (Å²) in [7, 11) is 1.63. The molecule has 9 heteroatoms. The van der Waals surface area contributed by atoms with Crippen LogP contribution in [0, 0.1) is 12.7 Å². The molecule has 0 saturated carbocycles. The minimum absolute atomic E-state index is 0.0114. The Labute approximate surface area is 193 Å². The first-order valence-corrected chi connectivity index (χ1v) is 11.2. The van der Waals surface area contributed by atoms with E-state index in [2.05, 4.69) is 26.9 Å². The van der Waals surface area contributed by atoms with Gasteiger partial charge in [-0.15, -0.1) is 0 Å². The Bertz CT molecular complexity index is 1120. The number of anilines is 1. The van der Waals surface area contributed by atoms with Crippen LogP contribution in [0.15, 0.2) is 36.5 Å². The van der Waals surface area contributed by atoms with Crippen LogP contribution in [0.3, 0.4) is 0 Å². The summed E-state index contributed by atoms with van der Waals surface area (Å²) in [5, 5.41) is 4.59. The van der Waals surface area contributed by atoms with E-state index < -0.39 is 0 Å². The van der Waals surface area contributed by atoms with Gasteiger partial charge in [0.25, 0.3) is 0 Å². The number of aromatic nitrogens is 4. The van der Waals surface area contributed by atoms with Crippen LogP contribution in [-0.2, 0) is 17.8 Å². The molecule has 3 aromatic rings. The fourth-order valence-electron chi connectivity index (χ4n) is 3.93. The summed E-state index contributed by atoms with van der Waals surface area (Å²) in [6.07, 6.45) is 3.34. The summed E-state index contributed by atoms with van der Waals surface area (Å²) in [5.74, 6) is 2.65. The van der Waals surface area contributed by atoms with E-state index in [1.807, 2.05) is 17.0 Å². The van der Waals surface area contributed by atoms with E-state index in [0.29, 0.717) is 37.6 Å². The highest BCUT2D eigenvalue weighted by atomic mass is 19.1. The molecule has 1 aliphatic rings. The van der Waals surface area contributed by atoms with Gasteiger partial charge in [-0.25, -0.2) is 19.0 Å². The fraction of sp³-hybridized carbons (Fsp3) is 0.417. The number of methoxy groups -OCH3 is 1. The van der Waals surface area contributed by atoms with Crippen molar-refractivity contribution in [1.82, 2.24) is 24.6 Å². The second-order valence-corrected chi connectivity index (χ2v) is 8.14. The molecule has 3 heterocycles. The Morgan fingerprint density at radius 3 is 2.64 bits per heavy atom. The third-order valence-corrected chi connectivity index (χ3v) is 5.83. The van der Waals surface area contributed by atoms with Gasteiger partial charge in [-0.05, 0) is 43.2 Å². The van der Waals surface area contributed by atoms with Gasteiger partial charge >= 0.3 is 0 Å². The van der Waals surface area contributed by atoms with Crippen molar-refractivity contribution in [2.24, 2.45) is 0 Å². The van der Waals surface area contributed by atoms with Crippen LogP contribution in [-0.4, -0.2) is 63.8 Å². The molecule has 1 aliphatic heterocycles. The number of ether oxygens (including phenoxy) is 1. The zero-order chi connectivity index (χ0) is 23.4. The molecule has 8 nitrogen and oxygen atoms in total. The number of rotatable bonds is 7. The zero-order valence-corrected chi connectivity index (χ0v) is 19.3. The van der Waals surface area contributed by atoms with Gasteiger partial charge < -0.3 is 14.5 Å². The van der Waals surface area contributed by atoms with E-state index in [1.165, 1.54) is 6.07 Å². The first kappa shape index (κ1) is 22.7. The minimum Gasteiger partial charge on any atom is -0.497 e. The van der Waals surface area contributed by atoms with Crippen molar-refractivity contribution in [2.45, 2.75) is 33.2 Å². The first-order chi connectivity index (χ1) is 16.0. The highest BCUT2D eigenvalue weighted by Gasteiger charge is 2.24. The van der Waals surface area contributed by atoms with Gasteiger partial charge in [-0.1, -0.05) is 6.92 Å². The number of carbonyl (C=O) groups is 1. The number of halogens is 1. The van der Waals surface area contributed by atoms with Crippen molar-refractivity contribution >= 4 is 11.7 Å². The molecule has 2 aromatic heterocycles. The summed E-state index contributed by atoms with van der Waals surface area (Å²) in [6, 6.07) is 8.55. The van der Waals surface area contributed by atoms with Gasteiger partial charge in [0, 0.05) is 50.4 Å². The summed E-state index contributed by atoms with van der Waals surface area (Å²) in [5.41, 5.74) is 1.29. The van der Waals surface area contributed by atoms with Crippen molar-refractivity contribution in [1.29, 1.82) is 0 Å². The lowest BCUT2D eigenvalue weighted by atomic mass is 10.1. The smallest absolute Gasteiger partial charge is 0.244 e. The van der Waals surface area contributed by atoms with Crippen LogP contribution in [0.5, 0.6) is 5.75 Å². The van der Waals surface area contributed by atoms with Crippen molar-refractivity contribution < 1.29 is 13.9 Å². The van der Waals surface area contributed by atoms with E-state index in [1.54, 1.807) is 37.0 Å². The van der Waals surface area contributed by atoms with Crippen LogP contribution < -0.4 is 9.64 Å². The van der Waals surface area contributed by atoms with Crippen molar-refractivity contribution in [3.05, 3.63) is 53.7 Å². The average molecular weight is 453 g/mol. The predicted octanol–water partition coefficient (Wildman–Crippen LogP) is 3.10. The molecule has 1 aromatic carbocycles. The molecule has 4 rings (SSSR count). The van der Waals surface area contributed by atoms with Gasteiger partial charge in [0.15, 0.2) is 5.82 Å². The highest BCUT2D eigenvalue weighted by molar-refractivity contribution is 5.76. The van der Waals surface area contributed by atoms with E-state index in [0.717, 1.165) is 35.8 Å². The van der Waals surface area contributed by atoms with Crippen LogP contribution in [0.2, 0.25) is 0 Å². The molecule has 33 heavy (non-hydrogen) atoms. The molecule has 174 valence electrons. The fourth-order valence-corrected chi connectivity index (χ4v) is 3.93. The second kappa shape index (κ2) is 9.97. The van der Waals surface area contributed by atoms with Gasteiger partial charge in [0.1, 0.15) is 29.8 Å². The molecule has 1 saturated heterocycles. The van der Waals surface area contributed by atoms with Crippen molar-refractivity contribution in [2.75, 3.05) is 38.2 Å². The van der Waals surface area contributed by atoms with E-state index in [9.17, 15) is 9.18 Å². The largest absolute Gasteiger partial charge is 0.497 e. The number of pyridine rings is 1. The normalized spacial score (nSPS) is 13.9. The van der Waals surface area contributed by atoms with Crippen LogP contribution in [0.1, 0.15) is 24.7 Å². The number of hydrogen-bond donors (Lipinski definition) is 0. The van der Waals surface area contributed by atoms with E-state index in [-0.39, 0.29) is 18.3 Å². The molecule has 0 radical (unpaired) electrons. The maximum absolute atomic E-state index is 13.7. The topological polar surface area (TPSA) is 76.4 Å². The average Bonchev–Trinajstić information content (AvgIpc) is 3.23. The van der Waals surface area contributed by atoms with Crippen LogP contribution >= 0.6 is 0 Å². The maximum atomic E-state index is 13.7. The van der Waals surface area contributed by atoms with Crippen molar-refractivity contribution in [3.8, 4) is 17.1 Å². The van der Waals surface area contributed by atoms with E-state index in [4.69, 9.17) is 4.74 Å². The molecule has 0 atom stereocenters. The Morgan fingerprint density at radius 2 is 1.94 bits per heavy atom. The van der Waals surface area contributed by atoms with Crippen molar-refractivity contribution in [3.63, 3.8) is 0 Å². The number of aryl methyl sites for hydroxylation is 2. The predicted molar refractivity (Wildman–Crippen MR) is 124 cm³/mol. The maximum Gasteiger partial charge on any atom is 0.244 e. The van der Waals surface area contributed by atoms with E-state index >= 15 is 0 Å². The quantitative estimate of drug-likeness (QED) is 0.548. The molecular weight excluding hydrogens is 423 g/mol. The molecular formula is C24H29FN6O2. The molecule has 1 amide bonds. The van der Waals surface area contributed by atoms with Gasteiger partial charge in [0.2, 0.25) is 5.91 Å². The third kappa shape index (κ3) is 5.13. The Hall–Kier alpha value is -3.49. The van der Waals surface area contributed by atoms with Gasteiger partial charge in [0.05, 0.1) is 7.11 Å². The monoisotopic (exact) mass is 452 g/mol. The van der Waals surface area contributed by atoms with Gasteiger partial charge in [-0.2, -0.15) is 5.10 Å². The lowest BCUT2D eigenvalue weighted by Gasteiger charge is -2.35. The molecule has 0 aliphatic carbocycles. The zero-order valence-electron chi connectivity index (χ0n) is 19.3. The molecule has 0 bridgehead atoms. The standard InChI is InChI=1S/C24H29FN6O2/c1-4-5-21-27-24(18-6-7-20(25)17(2)14-18)28-31(21)16-23(32)30-12-10-29(11-13-30)22-15-19(33-3)8-9-26-22/h6-9,14-15H,4-5,10-13,16H2,1-3H3. The molecule has 0 spiro atoms. The number of hydrogen-bond acceptors (Lipinski definition) is 6. The summed E-state index contributed by atoms with van der Waals surface area (Å²) in [4.78, 5) is 26.1. The number of benzene rings is 1. The number of piperazine rings is 1. The number of carbonyl (C=O) groups excluding carboxylic acids is 1. The van der Waals surface area contributed by atoms with Crippen LogP contribution in [0.4, 0.5) is 10.2 Å². The first-order valence-electron chi connectivity index (χ1n) is 11.2. The Balaban J connectivity index is 1.43.